The molecule has 6 aromatic rings. The number of carbonyl (C=O) groups is 6. The molecular formula is C62H66O14. The van der Waals surface area contributed by atoms with Gasteiger partial charge in [-0.25, -0.2) is 0 Å². The van der Waals surface area contributed by atoms with Gasteiger partial charge in [-0.2, -0.15) is 0 Å². The zero-order chi connectivity index (χ0) is 53.7. The Morgan fingerprint density at radius 3 is 0.526 bits per heavy atom. The number of hydrogen-bond donors (Lipinski definition) is 0. The largest absolute Gasteiger partial charge is 0.497 e. The fourth-order valence-electron chi connectivity index (χ4n) is 7.92. The van der Waals surface area contributed by atoms with Gasteiger partial charge in [0.05, 0.1) is 14.2 Å². The van der Waals surface area contributed by atoms with Gasteiger partial charge < -0.3 is 37.9 Å². The van der Waals surface area contributed by atoms with Crippen molar-refractivity contribution < 1.29 is 66.7 Å². The van der Waals surface area contributed by atoms with Crippen LogP contribution in [0.15, 0.2) is 146 Å². The molecule has 0 fully saturated rings. The Morgan fingerprint density at radius 2 is 0.368 bits per heavy atom. The van der Waals surface area contributed by atoms with Gasteiger partial charge in [-0.05, 0) is 158 Å². The van der Waals surface area contributed by atoms with Gasteiger partial charge >= 0.3 is 35.8 Å². The van der Waals surface area contributed by atoms with Gasteiger partial charge in [-0.3, -0.25) is 28.8 Å². The van der Waals surface area contributed by atoms with Crippen LogP contribution in [0.5, 0.6) is 46.0 Å². The topological polar surface area (TPSA) is 176 Å². The Bertz CT molecular complexity index is 2560. The average Bonchev–Trinajstić information content (AvgIpc) is 3.43. The Balaban J connectivity index is 0.759. The minimum Gasteiger partial charge on any atom is -0.497 e. The van der Waals surface area contributed by atoms with Crippen molar-refractivity contribution in [1.82, 2.24) is 0 Å². The van der Waals surface area contributed by atoms with E-state index in [0.29, 0.717) is 97.4 Å². The van der Waals surface area contributed by atoms with Crippen molar-refractivity contribution >= 4 is 35.8 Å². The summed E-state index contributed by atoms with van der Waals surface area (Å²) in [6.45, 7) is 0. The van der Waals surface area contributed by atoms with Crippen LogP contribution in [0.4, 0.5) is 0 Å². The first-order valence-corrected chi connectivity index (χ1v) is 25.9. The highest BCUT2D eigenvalue weighted by atomic mass is 16.6. The van der Waals surface area contributed by atoms with E-state index in [1.807, 2.05) is 48.5 Å². The van der Waals surface area contributed by atoms with Crippen molar-refractivity contribution in [3.05, 3.63) is 146 Å². The molecule has 0 aliphatic carbocycles. The highest BCUT2D eigenvalue weighted by Gasteiger charge is 2.12. The van der Waals surface area contributed by atoms with E-state index in [-0.39, 0.29) is 61.5 Å². The van der Waals surface area contributed by atoms with Gasteiger partial charge in [0.1, 0.15) is 46.0 Å². The summed E-state index contributed by atoms with van der Waals surface area (Å²) >= 11 is 0. The second kappa shape index (κ2) is 31.5. The minimum atomic E-state index is -0.328. The number of ether oxygens (including phenoxy) is 8. The Hall–Kier alpha value is -8.26. The first kappa shape index (κ1) is 57.0. The molecule has 0 unspecified atom stereocenters. The SMILES string of the molecule is COc1ccc(OC(=O)CCCCCCC(=O)Oc2ccc(-c3ccc(OC(=O)CCCCCCC(=O)Oc4ccc(-c5ccc(OC(=O)CCCCCCC(=O)Oc6ccc(OC)cc6)cc5)cc4)cc3)cc2)cc1. The quantitative estimate of drug-likeness (QED) is 0.0228. The van der Waals surface area contributed by atoms with Crippen LogP contribution in [-0.2, 0) is 28.8 Å². The summed E-state index contributed by atoms with van der Waals surface area (Å²) in [5.74, 6) is 2.26. The van der Waals surface area contributed by atoms with Crippen LogP contribution in [-0.4, -0.2) is 50.0 Å². The monoisotopic (exact) mass is 1030 g/mol. The summed E-state index contributed by atoms with van der Waals surface area (Å²) in [4.78, 5) is 74.1. The molecule has 6 aromatic carbocycles. The third-order valence-corrected chi connectivity index (χ3v) is 12.1. The average molecular weight is 1040 g/mol. The molecule has 398 valence electrons. The van der Waals surface area contributed by atoms with Crippen LogP contribution in [0.3, 0.4) is 0 Å². The summed E-state index contributed by atoms with van der Waals surface area (Å²) in [6.07, 6.45) is 10.3. The summed E-state index contributed by atoms with van der Waals surface area (Å²) in [5, 5.41) is 0. The van der Waals surface area contributed by atoms with Crippen LogP contribution in [0, 0.1) is 0 Å². The van der Waals surface area contributed by atoms with E-state index in [1.165, 1.54) is 0 Å². The third-order valence-electron chi connectivity index (χ3n) is 12.1. The van der Waals surface area contributed by atoms with Gasteiger partial charge in [0.25, 0.3) is 0 Å². The molecule has 0 aliphatic heterocycles. The standard InChI is InChI=1S/C62H66O14/c1-69-49-37-41-55(42-38-49)75-61(67)19-13-7-5-11-17-59(65)73-53-33-25-47(26-34-53)45-21-29-51(30-22-45)71-57(63)15-9-3-4-10-16-58(64)72-52-31-23-46(24-32-52)48-27-35-54(36-28-48)74-60(66)18-12-6-8-14-20-62(68)76-56-43-39-50(70-2)40-44-56/h21-44H,3-20H2,1-2H3. The second-order valence-electron chi connectivity index (χ2n) is 18.0. The van der Waals surface area contributed by atoms with Crippen molar-refractivity contribution in [2.75, 3.05) is 14.2 Å². The second-order valence-corrected chi connectivity index (χ2v) is 18.0. The van der Waals surface area contributed by atoms with E-state index >= 15 is 0 Å². The van der Waals surface area contributed by atoms with Crippen LogP contribution < -0.4 is 37.9 Å². The van der Waals surface area contributed by atoms with Crippen molar-refractivity contribution in [2.24, 2.45) is 0 Å². The van der Waals surface area contributed by atoms with Gasteiger partial charge in [0.15, 0.2) is 0 Å². The Labute approximate surface area is 444 Å². The lowest BCUT2D eigenvalue weighted by Crippen LogP contribution is -2.08. The summed E-state index contributed by atoms with van der Waals surface area (Å²) < 4.78 is 43.0. The number of rotatable bonds is 31. The molecule has 76 heavy (non-hydrogen) atoms. The van der Waals surface area contributed by atoms with Crippen molar-refractivity contribution in [3.8, 4) is 68.2 Å². The molecule has 0 aliphatic rings. The Morgan fingerprint density at radius 1 is 0.224 bits per heavy atom. The molecule has 0 heterocycles. The zero-order valence-corrected chi connectivity index (χ0v) is 43.3. The summed E-state index contributed by atoms with van der Waals surface area (Å²) in [7, 11) is 3.15. The van der Waals surface area contributed by atoms with Crippen LogP contribution in [0.2, 0.25) is 0 Å². The summed E-state index contributed by atoms with van der Waals surface area (Å²) in [5.41, 5.74) is 3.64. The molecule has 0 atom stereocenters. The molecule has 0 bridgehead atoms. The maximum absolute atomic E-state index is 12.5. The fraction of sp³-hybridized carbons (Fsp3) is 0.323. The van der Waals surface area contributed by atoms with Crippen molar-refractivity contribution in [1.29, 1.82) is 0 Å². The molecule has 6 rings (SSSR count). The van der Waals surface area contributed by atoms with E-state index in [2.05, 4.69) is 0 Å². The first-order valence-electron chi connectivity index (χ1n) is 25.9. The number of methoxy groups -OCH3 is 2. The number of hydrogen-bond acceptors (Lipinski definition) is 14. The van der Waals surface area contributed by atoms with Crippen LogP contribution >= 0.6 is 0 Å². The highest BCUT2D eigenvalue weighted by Crippen LogP contribution is 2.28. The smallest absolute Gasteiger partial charge is 0.311 e. The predicted octanol–water partition coefficient (Wildman–Crippen LogP) is 13.6. The minimum absolute atomic E-state index is 0.256. The van der Waals surface area contributed by atoms with E-state index in [9.17, 15) is 28.8 Å². The lowest BCUT2D eigenvalue weighted by molar-refractivity contribution is -0.135. The normalized spacial score (nSPS) is 10.7. The van der Waals surface area contributed by atoms with E-state index in [0.717, 1.165) is 60.8 Å². The number of benzene rings is 6. The number of carbonyl (C=O) groups excluding carboxylic acids is 6. The maximum Gasteiger partial charge on any atom is 0.311 e. The van der Waals surface area contributed by atoms with Gasteiger partial charge in [0.2, 0.25) is 0 Å². The molecule has 0 radical (unpaired) electrons. The third kappa shape index (κ3) is 20.9. The lowest BCUT2D eigenvalue weighted by Gasteiger charge is -2.08. The van der Waals surface area contributed by atoms with Gasteiger partial charge in [-0.15, -0.1) is 0 Å². The number of unbranched alkanes of at least 4 members (excludes halogenated alkanes) is 9. The van der Waals surface area contributed by atoms with E-state index in [4.69, 9.17) is 37.9 Å². The molecule has 14 nitrogen and oxygen atoms in total. The van der Waals surface area contributed by atoms with Crippen LogP contribution in [0.25, 0.3) is 22.3 Å². The lowest BCUT2D eigenvalue weighted by atomic mass is 10.1. The molecule has 0 saturated carbocycles. The molecule has 0 N–H and O–H groups in total. The predicted molar refractivity (Wildman–Crippen MR) is 287 cm³/mol. The molecule has 0 aromatic heterocycles. The van der Waals surface area contributed by atoms with Crippen LogP contribution in [0.1, 0.15) is 116 Å². The van der Waals surface area contributed by atoms with E-state index in [1.54, 1.807) is 111 Å². The van der Waals surface area contributed by atoms with Gasteiger partial charge in [-0.1, -0.05) is 87.1 Å². The molecule has 0 amide bonds. The zero-order valence-electron chi connectivity index (χ0n) is 43.3. The van der Waals surface area contributed by atoms with E-state index < -0.39 is 0 Å². The molecule has 0 saturated heterocycles. The first-order chi connectivity index (χ1) is 37.0. The van der Waals surface area contributed by atoms with Gasteiger partial charge in [0, 0.05) is 38.5 Å². The fourth-order valence-corrected chi connectivity index (χ4v) is 7.92. The molecule has 14 heteroatoms. The Kier molecular flexibility index (Phi) is 23.6. The maximum atomic E-state index is 12.5. The van der Waals surface area contributed by atoms with Crippen molar-refractivity contribution in [2.45, 2.75) is 116 Å². The molecular weight excluding hydrogens is 969 g/mol. The number of esters is 6. The molecule has 0 spiro atoms. The van der Waals surface area contributed by atoms with Crippen molar-refractivity contribution in [3.63, 3.8) is 0 Å². The summed E-state index contributed by atoms with van der Waals surface area (Å²) in [6, 6.07) is 42.5. The highest BCUT2D eigenvalue weighted by molar-refractivity contribution is 5.76.